The van der Waals surface area contributed by atoms with E-state index in [0.29, 0.717) is 0 Å². The van der Waals surface area contributed by atoms with Gasteiger partial charge in [-0.1, -0.05) is 66.7 Å². The van der Waals surface area contributed by atoms with Crippen LogP contribution in [0.4, 0.5) is 0 Å². The SMILES string of the molecule is C1=C(c2ccccc2)C(c2ccccc2)=NCC1. The molecule has 0 amide bonds. The summed E-state index contributed by atoms with van der Waals surface area (Å²) in [5.41, 5.74) is 4.83. The van der Waals surface area contributed by atoms with Gasteiger partial charge in [0.05, 0.1) is 5.71 Å². The van der Waals surface area contributed by atoms with Gasteiger partial charge < -0.3 is 0 Å². The molecule has 0 fully saturated rings. The molecule has 0 aromatic heterocycles. The average molecular weight is 233 g/mol. The number of nitrogens with zero attached hydrogens (tertiary/aromatic N) is 1. The highest BCUT2D eigenvalue weighted by Gasteiger charge is 2.13. The average Bonchev–Trinajstić information content (AvgIpc) is 2.49. The molecule has 0 unspecified atom stereocenters. The van der Waals surface area contributed by atoms with Gasteiger partial charge in [-0.15, -0.1) is 0 Å². The summed E-state index contributed by atoms with van der Waals surface area (Å²) < 4.78 is 0. The predicted octanol–water partition coefficient (Wildman–Crippen LogP) is 3.96. The number of benzene rings is 2. The van der Waals surface area contributed by atoms with Gasteiger partial charge in [0.1, 0.15) is 0 Å². The number of hydrogen-bond acceptors (Lipinski definition) is 1. The van der Waals surface area contributed by atoms with E-state index in [9.17, 15) is 0 Å². The monoisotopic (exact) mass is 233 g/mol. The summed E-state index contributed by atoms with van der Waals surface area (Å²) in [7, 11) is 0. The molecular weight excluding hydrogens is 218 g/mol. The molecule has 1 heteroatoms. The zero-order valence-corrected chi connectivity index (χ0v) is 10.2. The number of rotatable bonds is 2. The van der Waals surface area contributed by atoms with Gasteiger partial charge in [-0.05, 0) is 12.0 Å². The van der Waals surface area contributed by atoms with E-state index in [1.165, 1.54) is 16.7 Å². The van der Waals surface area contributed by atoms with Crippen LogP contribution in [0, 0.1) is 0 Å². The molecule has 18 heavy (non-hydrogen) atoms. The molecule has 3 rings (SSSR count). The molecule has 1 aliphatic heterocycles. The van der Waals surface area contributed by atoms with Gasteiger partial charge in [-0.3, -0.25) is 4.99 Å². The van der Waals surface area contributed by atoms with Crippen molar-refractivity contribution in [2.75, 3.05) is 6.54 Å². The van der Waals surface area contributed by atoms with E-state index in [-0.39, 0.29) is 0 Å². The van der Waals surface area contributed by atoms with Crippen molar-refractivity contribution in [3.05, 3.63) is 77.9 Å². The topological polar surface area (TPSA) is 12.4 Å². The maximum absolute atomic E-state index is 4.71. The summed E-state index contributed by atoms with van der Waals surface area (Å²) in [6.07, 6.45) is 3.32. The van der Waals surface area contributed by atoms with E-state index in [4.69, 9.17) is 4.99 Å². The van der Waals surface area contributed by atoms with Crippen LogP contribution in [0.2, 0.25) is 0 Å². The van der Waals surface area contributed by atoms with Gasteiger partial charge in [0.25, 0.3) is 0 Å². The first-order chi connectivity index (χ1) is 8.95. The Hall–Kier alpha value is -2.15. The molecule has 0 saturated carbocycles. The van der Waals surface area contributed by atoms with Gasteiger partial charge in [-0.25, -0.2) is 0 Å². The quantitative estimate of drug-likeness (QED) is 0.744. The third kappa shape index (κ3) is 2.12. The zero-order valence-electron chi connectivity index (χ0n) is 10.2. The van der Waals surface area contributed by atoms with Crippen molar-refractivity contribution >= 4 is 11.3 Å². The molecular formula is C17H15N. The lowest BCUT2D eigenvalue weighted by molar-refractivity contribution is 0.997. The van der Waals surface area contributed by atoms with Crippen molar-refractivity contribution in [2.24, 2.45) is 4.99 Å². The van der Waals surface area contributed by atoms with Gasteiger partial charge in [0, 0.05) is 17.7 Å². The Morgan fingerprint density at radius 3 is 2.00 bits per heavy atom. The Kier molecular flexibility index (Phi) is 3.05. The highest BCUT2D eigenvalue weighted by molar-refractivity contribution is 6.32. The fraction of sp³-hybridized carbons (Fsp3) is 0.118. The Morgan fingerprint density at radius 2 is 1.33 bits per heavy atom. The minimum atomic E-state index is 0.889. The molecule has 0 spiro atoms. The molecule has 0 radical (unpaired) electrons. The van der Waals surface area contributed by atoms with Gasteiger partial charge in [0.15, 0.2) is 0 Å². The third-order valence-corrected chi connectivity index (χ3v) is 3.13. The lowest BCUT2D eigenvalue weighted by atomic mass is 9.93. The van der Waals surface area contributed by atoms with E-state index in [1.54, 1.807) is 0 Å². The van der Waals surface area contributed by atoms with E-state index < -0.39 is 0 Å². The lowest BCUT2D eigenvalue weighted by Gasteiger charge is -2.16. The zero-order chi connectivity index (χ0) is 12.2. The van der Waals surface area contributed by atoms with Crippen LogP contribution in [0.15, 0.2) is 71.7 Å². The van der Waals surface area contributed by atoms with E-state index in [2.05, 4.69) is 54.6 Å². The van der Waals surface area contributed by atoms with E-state index >= 15 is 0 Å². The second-order valence-electron chi connectivity index (χ2n) is 4.37. The minimum absolute atomic E-state index is 0.889. The summed E-state index contributed by atoms with van der Waals surface area (Å²) in [6.45, 7) is 0.889. The van der Waals surface area contributed by atoms with Crippen LogP contribution in [-0.2, 0) is 0 Å². The summed E-state index contributed by atoms with van der Waals surface area (Å²) in [6, 6.07) is 20.9. The first-order valence-electron chi connectivity index (χ1n) is 6.31. The Labute approximate surface area is 108 Å². The lowest BCUT2D eigenvalue weighted by Crippen LogP contribution is -2.09. The normalized spacial score (nSPS) is 14.9. The van der Waals surface area contributed by atoms with Crippen molar-refractivity contribution < 1.29 is 0 Å². The molecule has 1 nitrogen and oxygen atoms in total. The maximum atomic E-state index is 4.71. The van der Waals surface area contributed by atoms with E-state index in [0.717, 1.165) is 18.7 Å². The molecule has 1 heterocycles. The van der Waals surface area contributed by atoms with Gasteiger partial charge >= 0.3 is 0 Å². The first kappa shape index (κ1) is 11.0. The van der Waals surface area contributed by atoms with Crippen LogP contribution in [0.5, 0.6) is 0 Å². The fourth-order valence-corrected chi connectivity index (χ4v) is 2.28. The van der Waals surface area contributed by atoms with Crippen molar-refractivity contribution in [3.8, 4) is 0 Å². The third-order valence-electron chi connectivity index (χ3n) is 3.13. The summed E-state index contributed by atoms with van der Waals surface area (Å²) in [5.74, 6) is 0. The Balaban J connectivity index is 2.04. The number of hydrogen-bond donors (Lipinski definition) is 0. The van der Waals surface area contributed by atoms with Crippen LogP contribution >= 0.6 is 0 Å². The highest BCUT2D eigenvalue weighted by atomic mass is 14.7. The highest BCUT2D eigenvalue weighted by Crippen LogP contribution is 2.24. The van der Waals surface area contributed by atoms with Crippen LogP contribution in [-0.4, -0.2) is 12.3 Å². The molecule has 0 atom stereocenters. The second kappa shape index (κ2) is 5.01. The summed E-state index contributed by atoms with van der Waals surface area (Å²) in [4.78, 5) is 4.71. The largest absolute Gasteiger partial charge is 0.284 e. The van der Waals surface area contributed by atoms with Crippen LogP contribution < -0.4 is 0 Å². The number of dihydropyridines is 1. The smallest absolute Gasteiger partial charge is 0.0721 e. The van der Waals surface area contributed by atoms with Crippen molar-refractivity contribution in [2.45, 2.75) is 6.42 Å². The molecule has 2 aromatic rings. The molecule has 88 valence electrons. The molecule has 0 N–H and O–H groups in total. The Morgan fingerprint density at radius 1 is 0.722 bits per heavy atom. The van der Waals surface area contributed by atoms with Crippen molar-refractivity contribution in [3.63, 3.8) is 0 Å². The van der Waals surface area contributed by atoms with Crippen LogP contribution in [0.3, 0.4) is 0 Å². The van der Waals surface area contributed by atoms with Crippen LogP contribution in [0.25, 0.3) is 5.57 Å². The molecule has 0 aliphatic carbocycles. The molecule has 0 bridgehead atoms. The first-order valence-corrected chi connectivity index (χ1v) is 6.31. The van der Waals surface area contributed by atoms with Crippen LogP contribution in [0.1, 0.15) is 17.5 Å². The van der Waals surface area contributed by atoms with E-state index in [1.807, 2.05) is 12.1 Å². The molecule has 2 aromatic carbocycles. The van der Waals surface area contributed by atoms with Gasteiger partial charge in [0.2, 0.25) is 0 Å². The second-order valence-corrected chi connectivity index (χ2v) is 4.37. The summed E-state index contributed by atoms with van der Waals surface area (Å²) >= 11 is 0. The van der Waals surface area contributed by atoms with Crippen molar-refractivity contribution in [1.82, 2.24) is 0 Å². The summed E-state index contributed by atoms with van der Waals surface area (Å²) in [5, 5.41) is 0. The maximum Gasteiger partial charge on any atom is 0.0721 e. The Bertz CT molecular complexity index is 524. The van der Waals surface area contributed by atoms with Gasteiger partial charge in [-0.2, -0.15) is 0 Å². The predicted molar refractivity (Wildman–Crippen MR) is 76.9 cm³/mol. The molecule has 1 aliphatic rings. The molecule has 0 saturated heterocycles. The van der Waals surface area contributed by atoms with Crippen molar-refractivity contribution in [1.29, 1.82) is 0 Å². The number of aliphatic imine (C=N–C) groups is 1. The fourth-order valence-electron chi connectivity index (χ4n) is 2.28. The standard InChI is InChI=1S/C17H15N/c1-3-8-14(9-4-1)16-12-7-13-18-17(16)15-10-5-2-6-11-15/h1-6,8-12H,7,13H2. The minimum Gasteiger partial charge on any atom is -0.284 e. The number of allylic oxidation sites excluding steroid dienone is 1.